The molecular weight excluding hydrogens is 216 g/mol. The highest BCUT2D eigenvalue weighted by Gasteiger charge is 2.07. The molecule has 0 saturated heterocycles. The Morgan fingerprint density at radius 3 is 3.07 bits per heavy atom. The van der Waals surface area contributed by atoms with Crippen LogP contribution in [-0.4, -0.2) is 20.6 Å². The van der Waals surface area contributed by atoms with Crippen LogP contribution in [0.3, 0.4) is 0 Å². The molecule has 0 fully saturated rings. The minimum Gasteiger partial charge on any atom is -0.481 e. The van der Waals surface area contributed by atoms with Crippen LogP contribution in [0.5, 0.6) is 0 Å². The van der Waals surface area contributed by atoms with Crippen molar-refractivity contribution in [1.29, 1.82) is 0 Å². The summed E-state index contributed by atoms with van der Waals surface area (Å²) < 4.78 is 1.76. The first-order valence-electron chi connectivity index (χ1n) is 4.49. The second-order valence-electron chi connectivity index (χ2n) is 3.19. The highest BCUT2D eigenvalue weighted by Crippen LogP contribution is 2.22. The van der Waals surface area contributed by atoms with Crippen molar-refractivity contribution < 1.29 is 9.90 Å². The lowest BCUT2D eigenvalue weighted by Crippen LogP contribution is -2.03. The van der Waals surface area contributed by atoms with Crippen molar-refractivity contribution >= 4 is 28.6 Å². The highest BCUT2D eigenvalue weighted by molar-refractivity contribution is 6.34. The number of hydrogen-bond donors (Lipinski definition) is 1. The normalized spacial score (nSPS) is 10.7. The molecule has 0 radical (unpaired) electrons. The maximum Gasteiger partial charge on any atom is 0.305 e. The van der Waals surface area contributed by atoms with Crippen LogP contribution in [0.1, 0.15) is 6.42 Å². The molecule has 5 heteroatoms. The maximum absolute atomic E-state index is 10.4. The van der Waals surface area contributed by atoms with Gasteiger partial charge in [0.25, 0.3) is 0 Å². The van der Waals surface area contributed by atoms with Gasteiger partial charge in [-0.1, -0.05) is 17.7 Å². The van der Waals surface area contributed by atoms with Crippen LogP contribution in [0.25, 0.3) is 11.0 Å². The predicted molar refractivity (Wildman–Crippen MR) is 57.0 cm³/mol. The molecule has 0 aliphatic heterocycles. The number of hydrogen-bond acceptors (Lipinski definition) is 2. The second-order valence-corrected chi connectivity index (χ2v) is 3.60. The molecule has 0 saturated carbocycles. The molecule has 1 N–H and O–H groups in total. The molecule has 1 heterocycles. The summed E-state index contributed by atoms with van der Waals surface area (Å²) in [6.07, 6.45) is 1.68. The Morgan fingerprint density at radius 1 is 1.53 bits per heavy atom. The average molecular weight is 225 g/mol. The topological polar surface area (TPSA) is 55.1 Å². The Balaban J connectivity index is 2.39. The van der Waals surface area contributed by atoms with E-state index < -0.39 is 5.97 Å². The Kier molecular flexibility index (Phi) is 2.60. The molecule has 0 aliphatic carbocycles. The number of halogens is 1. The molecule has 0 spiro atoms. The van der Waals surface area contributed by atoms with Gasteiger partial charge in [-0.05, 0) is 12.1 Å². The number of aromatic nitrogens is 2. The van der Waals surface area contributed by atoms with Crippen molar-refractivity contribution in [3.05, 3.63) is 29.5 Å². The summed E-state index contributed by atoms with van der Waals surface area (Å²) in [7, 11) is 0. The monoisotopic (exact) mass is 224 g/mol. The van der Waals surface area contributed by atoms with Gasteiger partial charge in [0.05, 0.1) is 28.8 Å². The quantitative estimate of drug-likeness (QED) is 0.869. The van der Waals surface area contributed by atoms with Gasteiger partial charge < -0.3 is 9.67 Å². The fourth-order valence-electron chi connectivity index (χ4n) is 1.47. The molecule has 15 heavy (non-hydrogen) atoms. The van der Waals surface area contributed by atoms with Crippen LogP contribution >= 0.6 is 11.6 Å². The number of para-hydroxylation sites is 1. The van der Waals surface area contributed by atoms with Crippen molar-refractivity contribution in [2.24, 2.45) is 0 Å². The van der Waals surface area contributed by atoms with E-state index in [1.165, 1.54) is 0 Å². The van der Waals surface area contributed by atoms with Gasteiger partial charge in [0.1, 0.15) is 0 Å². The van der Waals surface area contributed by atoms with Gasteiger partial charge in [-0.2, -0.15) is 0 Å². The van der Waals surface area contributed by atoms with E-state index in [4.69, 9.17) is 16.7 Å². The fraction of sp³-hybridized carbons (Fsp3) is 0.200. The largest absolute Gasteiger partial charge is 0.481 e. The maximum atomic E-state index is 10.4. The Bertz CT molecular complexity index is 507. The molecular formula is C10H9ClN2O2. The standard InChI is InChI=1S/C10H9ClN2O2/c11-7-2-1-3-8-10(7)13(6-12-8)5-4-9(14)15/h1-3,6H,4-5H2,(H,14,15). The third kappa shape index (κ3) is 1.94. The summed E-state index contributed by atoms with van der Waals surface area (Å²) in [5.74, 6) is -0.830. The number of carbonyl (C=O) groups is 1. The van der Waals surface area contributed by atoms with Crippen LogP contribution < -0.4 is 0 Å². The predicted octanol–water partition coefficient (Wildman–Crippen LogP) is 2.16. The van der Waals surface area contributed by atoms with Crippen molar-refractivity contribution in [1.82, 2.24) is 9.55 Å². The Labute approximate surface area is 91.1 Å². The van der Waals surface area contributed by atoms with Crippen molar-refractivity contribution in [2.45, 2.75) is 13.0 Å². The van der Waals surface area contributed by atoms with E-state index in [0.717, 1.165) is 11.0 Å². The molecule has 2 rings (SSSR count). The summed E-state index contributed by atoms with van der Waals surface area (Å²) >= 11 is 6.01. The lowest BCUT2D eigenvalue weighted by atomic mass is 10.3. The van der Waals surface area contributed by atoms with E-state index in [2.05, 4.69) is 4.98 Å². The lowest BCUT2D eigenvalue weighted by molar-refractivity contribution is -0.137. The third-order valence-electron chi connectivity index (χ3n) is 2.16. The molecule has 0 unspecified atom stereocenters. The van der Waals surface area contributed by atoms with Gasteiger partial charge in [-0.25, -0.2) is 4.98 Å². The highest BCUT2D eigenvalue weighted by atomic mass is 35.5. The number of aryl methyl sites for hydroxylation is 1. The minimum atomic E-state index is -0.830. The van der Waals surface area contributed by atoms with E-state index in [9.17, 15) is 4.79 Å². The number of aliphatic carboxylic acids is 1. The molecule has 0 aliphatic rings. The third-order valence-corrected chi connectivity index (χ3v) is 2.46. The number of rotatable bonds is 3. The number of fused-ring (bicyclic) bond motifs is 1. The van der Waals surface area contributed by atoms with Crippen LogP contribution in [0.2, 0.25) is 5.02 Å². The zero-order valence-electron chi connectivity index (χ0n) is 7.85. The Morgan fingerprint density at radius 2 is 2.33 bits per heavy atom. The van der Waals surface area contributed by atoms with E-state index in [1.807, 2.05) is 12.1 Å². The van der Waals surface area contributed by atoms with Gasteiger partial charge in [0, 0.05) is 6.54 Å². The van der Waals surface area contributed by atoms with Gasteiger partial charge in [-0.3, -0.25) is 4.79 Å². The van der Waals surface area contributed by atoms with Gasteiger partial charge >= 0.3 is 5.97 Å². The summed E-state index contributed by atoms with van der Waals surface area (Å²) in [6, 6.07) is 5.43. The van der Waals surface area contributed by atoms with Crippen molar-refractivity contribution in [3.8, 4) is 0 Å². The van der Waals surface area contributed by atoms with E-state index in [1.54, 1.807) is 17.0 Å². The van der Waals surface area contributed by atoms with Crippen LogP contribution in [0.15, 0.2) is 24.5 Å². The zero-order chi connectivity index (χ0) is 10.8. The summed E-state index contributed by atoms with van der Waals surface area (Å²) in [4.78, 5) is 14.6. The van der Waals surface area contributed by atoms with E-state index in [0.29, 0.717) is 11.6 Å². The van der Waals surface area contributed by atoms with Gasteiger partial charge in [-0.15, -0.1) is 0 Å². The van der Waals surface area contributed by atoms with Crippen molar-refractivity contribution in [3.63, 3.8) is 0 Å². The van der Waals surface area contributed by atoms with Gasteiger partial charge in [0.15, 0.2) is 0 Å². The molecule has 0 amide bonds. The molecule has 2 aromatic rings. The first-order valence-corrected chi connectivity index (χ1v) is 4.87. The molecule has 4 nitrogen and oxygen atoms in total. The molecule has 0 atom stereocenters. The van der Waals surface area contributed by atoms with E-state index in [-0.39, 0.29) is 6.42 Å². The first-order chi connectivity index (χ1) is 7.18. The minimum absolute atomic E-state index is 0.0662. The van der Waals surface area contributed by atoms with Crippen LogP contribution in [-0.2, 0) is 11.3 Å². The number of carboxylic acids is 1. The summed E-state index contributed by atoms with van der Waals surface area (Å²) in [5, 5.41) is 9.18. The van der Waals surface area contributed by atoms with Crippen LogP contribution in [0, 0.1) is 0 Å². The summed E-state index contributed by atoms with van der Waals surface area (Å²) in [6.45, 7) is 0.384. The fourth-order valence-corrected chi connectivity index (χ4v) is 1.75. The van der Waals surface area contributed by atoms with E-state index >= 15 is 0 Å². The molecule has 78 valence electrons. The molecule has 0 bridgehead atoms. The SMILES string of the molecule is O=C(O)CCn1cnc2cccc(Cl)c21. The second kappa shape index (κ2) is 3.90. The molecule has 1 aromatic carbocycles. The summed E-state index contributed by atoms with van der Waals surface area (Å²) in [5.41, 5.74) is 1.58. The van der Waals surface area contributed by atoms with Crippen LogP contribution in [0.4, 0.5) is 0 Å². The number of benzene rings is 1. The zero-order valence-corrected chi connectivity index (χ0v) is 8.61. The van der Waals surface area contributed by atoms with Gasteiger partial charge in [0.2, 0.25) is 0 Å². The first kappa shape index (κ1) is 9.98. The number of nitrogens with zero attached hydrogens (tertiary/aromatic N) is 2. The Hall–Kier alpha value is -1.55. The lowest BCUT2D eigenvalue weighted by Gasteiger charge is -2.02. The smallest absolute Gasteiger partial charge is 0.305 e. The van der Waals surface area contributed by atoms with Crippen molar-refractivity contribution in [2.75, 3.05) is 0 Å². The average Bonchev–Trinajstić information content (AvgIpc) is 2.59. The molecule has 1 aromatic heterocycles. The number of carboxylic acid groups (broad SMARTS) is 1. The number of imidazole rings is 1.